The molecule has 108 valence electrons. The number of ether oxygens (including phenoxy) is 1. The molecule has 0 aliphatic heterocycles. The zero-order valence-corrected chi connectivity index (χ0v) is 10.8. The smallest absolute Gasteiger partial charge is 0.422 e. The third-order valence-electron chi connectivity index (χ3n) is 2.57. The van der Waals surface area contributed by atoms with Gasteiger partial charge in [-0.05, 0) is 24.2 Å². The third kappa shape index (κ3) is 6.45. The summed E-state index contributed by atoms with van der Waals surface area (Å²) in [6.07, 6.45) is -4.33. The van der Waals surface area contributed by atoms with E-state index in [1.54, 1.807) is 12.1 Å². The number of alkyl halides is 3. The quantitative estimate of drug-likeness (QED) is 0.831. The van der Waals surface area contributed by atoms with Crippen LogP contribution in [0.25, 0.3) is 0 Å². The highest BCUT2D eigenvalue weighted by molar-refractivity contribution is 5.28. The molecule has 1 rings (SSSR count). The number of hydrogen-bond acceptors (Lipinski definition) is 3. The Balaban J connectivity index is 2.61. The number of likely N-dealkylation sites (N-methyl/N-ethyl adjacent to an activating group) is 1. The molecular weight excluding hydrogens is 259 g/mol. The first-order valence-corrected chi connectivity index (χ1v) is 6.06. The Hall–Kier alpha value is -1.27. The van der Waals surface area contributed by atoms with Crippen LogP contribution in [0.2, 0.25) is 0 Å². The van der Waals surface area contributed by atoms with Crippen molar-refractivity contribution in [1.82, 2.24) is 4.90 Å². The van der Waals surface area contributed by atoms with E-state index >= 15 is 0 Å². The minimum absolute atomic E-state index is 0.0537. The molecule has 0 amide bonds. The lowest BCUT2D eigenvalue weighted by Crippen LogP contribution is -2.26. The molecule has 0 fully saturated rings. The molecule has 0 aromatic heterocycles. The molecule has 0 radical (unpaired) electrons. The number of nitrogens with zero attached hydrogens (tertiary/aromatic N) is 1. The Bertz CT molecular complexity index is 382. The van der Waals surface area contributed by atoms with Crippen LogP contribution in [0.1, 0.15) is 12.5 Å². The summed E-state index contributed by atoms with van der Waals surface area (Å²) in [4.78, 5) is 1.99. The summed E-state index contributed by atoms with van der Waals surface area (Å²) in [6.45, 7) is 2.58. The van der Waals surface area contributed by atoms with Gasteiger partial charge in [-0.2, -0.15) is 13.2 Å². The molecule has 0 bridgehead atoms. The number of rotatable bonds is 7. The van der Waals surface area contributed by atoms with Gasteiger partial charge < -0.3 is 9.84 Å². The van der Waals surface area contributed by atoms with Gasteiger partial charge in [0.25, 0.3) is 0 Å². The van der Waals surface area contributed by atoms with Crippen molar-refractivity contribution < 1.29 is 23.0 Å². The van der Waals surface area contributed by atoms with Crippen LogP contribution < -0.4 is 4.74 Å². The van der Waals surface area contributed by atoms with Gasteiger partial charge in [0.15, 0.2) is 6.61 Å². The average Bonchev–Trinajstić information content (AvgIpc) is 2.35. The van der Waals surface area contributed by atoms with Crippen LogP contribution in [0.4, 0.5) is 13.2 Å². The number of benzene rings is 1. The second-order valence-corrected chi connectivity index (χ2v) is 4.14. The predicted molar refractivity (Wildman–Crippen MR) is 66.0 cm³/mol. The monoisotopic (exact) mass is 277 g/mol. The van der Waals surface area contributed by atoms with Crippen molar-refractivity contribution in [3.8, 4) is 5.75 Å². The van der Waals surface area contributed by atoms with E-state index in [2.05, 4.69) is 0 Å². The van der Waals surface area contributed by atoms with Gasteiger partial charge in [-0.25, -0.2) is 0 Å². The first-order chi connectivity index (χ1) is 8.94. The topological polar surface area (TPSA) is 32.7 Å². The van der Waals surface area contributed by atoms with Crippen molar-refractivity contribution >= 4 is 0 Å². The first-order valence-electron chi connectivity index (χ1n) is 6.06. The summed E-state index contributed by atoms with van der Waals surface area (Å²) in [5, 5.41) is 8.88. The fourth-order valence-electron chi connectivity index (χ4n) is 1.65. The number of aliphatic hydroxyl groups excluding tert-OH is 1. The number of halogens is 3. The SMILES string of the molecule is CCN(CCO)Cc1cccc(OCC(F)(F)F)c1. The molecule has 0 saturated carbocycles. The average molecular weight is 277 g/mol. The van der Waals surface area contributed by atoms with E-state index in [9.17, 15) is 13.2 Å². The first kappa shape index (κ1) is 15.8. The van der Waals surface area contributed by atoms with E-state index in [4.69, 9.17) is 9.84 Å². The Labute approximate surface area is 110 Å². The highest BCUT2D eigenvalue weighted by Crippen LogP contribution is 2.19. The Morgan fingerprint density at radius 3 is 2.63 bits per heavy atom. The molecule has 0 saturated heterocycles. The molecule has 19 heavy (non-hydrogen) atoms. The summed E-state index contributed by atoms with van der Waals surface area (Å²) < 4.78 is 40.8. The highest BCUT2D eigenvalue weighted by Gasteiger charge is 2.28. The van der Waals surface area contributed by atoms with Crippen LogP contribution in [0.5, 0.6) is 5.75 Å². The van der Waals surface area contributed by atoms with Gasteiger partial charge in [0.05, 0.1) is 6.61 Å². The van der Waals surface area contributed by atoms with Crippen molar-refractivity contribution in [2.45, 2.75) is 19.6 Å². The molecule has 0 atom stereocenters. The van der Waals surface area contributed by atoms with Crippen LogP contribution in [0.15, 0.2) is 24.3 Å². The Morgan fingerprint density at radius 2 is 2.05 bits per heavy atom. The van der Waals surface area contributed by atoms with Gasteiger partial charge in [0.1, 0.15) is 5.75 Å². The maximum absolute atomic E-state index is 12.0. The minimum atomic E-state index is -4.33. The van der Waals surface area contributed by atoms with Crippen molar-refractivity contribution in [2.75, 3.05) is 26.3 Å². The van der Waals surface area contributed by atoms with Crippen molar-refractivity contribution in [3.63, 3.8) is 0 Å². The highest BCUT2D eigenvalue weighted by atomic mass is 19.4. The Kier molecular flexibility index (Phi) is 6.11. The maximum atomic E-state index is 12.0. The van der Waals surface area contributed by atoms with E-state index < -0.39 is 12.8 Å². The fourth-order valence-corrected chi connectivity index (χ4v) is 1.65. The second-order valence-electron chi connectivity index (χ2n) is 4.14. The maximum Gasteiger partial charge on any atom is 0.422 e. The second kappa shape index (κ2) is 7.35. The van der Waals surface area contributed by atoms with Crippen LogP contribution in [0.3, 0.4) is 0 Å². The minimum Gasteiger partial charge on any atom is -0.484 e. The van der Waals surface area contributed by atoms with Crippen molar-refractivity contribution in [3.05, 3.63) is 29.8 Å². The van der Waals surface area contributed by atoms with Gasteiger partial charge in [-0.1, -0.05) is 19.1 Å². The third-order valence-corrected chi connectivity index (χ3v) is 2.57. The van der Waals surface area contributed by atoms with E-state index in [1.165, 1.54) is 6.07 Å². The Morgan fingerprint density at radius 1 is 1.32 bits per heavy atom. The number of hydrogen-bond donors (Lipinski definition) is 1. The molecule has 0 aliphatic rings. The zero-order chi connectivity index (χ0) is 14.3. The molecule has 0 unspecified atom stereocenters. The molecule has 0 spiro atoms. The lowest BCUT2D eigenvalue weighted by molar-refractivity contribution is -0.153. The van der Waals surface area contributed by atoms with E-state index in [0.29, 0.717) is 13.1 Å². The van der Waals surface area contributed by atoms with Crippen LogP contribution in [-0.4, -0.2) is 42.5 Å². The molecule has 1 aromatic carbocycles. The molecule has 1 N–H and O–H groups in total. The standard InChI is InChI=1S/C13H18F3NO2/c1-2-17(6-7-18)9-11-4-3-5-12(8-11)19-10-13(14,15)16/h3-5,8,18H,2,6-7,9-10H2,1H3. The van der Waals surface area contributed by atoms with Crippen LogP contribution >= 0.6 is 0 Å². The fraction of sp³-hybridized carbons (Fsp3) is 0.538. The zero-order valence-electron chi connectivity index (χ0n) is 10.8. The lowest BCUT2D eigenvalue weighted by Gasteiger charge is -2.19. The summed E-state index contributed by atoms with van der Waals surface area (Å²) in [5.74, 6) is 0.204. The number of aliphatic hydroxyl groups is 1. The summed E-state index contributed by atoms with van der Waals surface area (Å²) in [5.41, 5.74) is 0.856. The van der Waals surface area contributed by atoms with E-state index in [0.717, 1.165) is 12.1 Å². The molecule has 0 aliphatic carbocycles. The van der Waals surface area contributed by atoms with E-state index in [-0.39, 0.29) is 12.4 Å². The van der Waals surface area contributed by atoms with E-state index in [1.807, 2.05) is 17.9 Å². The van der Waals surface area contributed by atoms with Gasteiger partial charge in [0, 0.05) is 13.1 Å². The summed E-state index contributed by atoms with van der Waals surface area (Å²) >= 11 is 0. The van der Waals surface area contributed by atoms with Gasteiger partial charge >= 0.3 is 6.18 Å². The van der Waals surface area contributed by atoms with Gasteiger partial charge in [0.2, 0.25) is 0 Å². The molecule has 3 nitrogen and oxygen atoms in total. The summed E-state index contributed by atoms with van der Waals surface area (Å²) in [6, 6.07) is 6.57. The predicted octanol–water partition coefficient (Wildman–Crippen LogP) is 2.44. The largest absolute Gasteiger partial charge is 0.484 e. The van der Waals surface area contributed by atoms with Gasteiger partial charge in [-0.15, -0.1) is 0 Å². The normalized spacial score (nSPS) is 11.9. The van der Waals surface area contributed by atoms with Gasteiger partial charge in [-0.3, -0.25) is 4.90 Å². The van der Waals surface area contributed by atoms with Crippen LogP contribution in [0, 0.1) is 0 Å². The van der Waals surface area contributed by atoms with Crippen molar-refractivity contribution in [2.24, 2.45) is 0 Å². The molecule has 0 heterocycles. The molecule has 1 aromatic rings. The summed E-state index contributed by atoms with van der Waals surface area (Å²) in [7, 11) is 0. The molecule has 6 heteroatoms. The lowest BCUT2D eigenvalue weighted by atomic mass is 10.2. The van der Waals surface area contributed by atoms with Crippen molar-refractivity contribution in [1.29, 1.82) is 0 Å². The van der Waals surface area contributed by atoms with Crippen LogP contribution in [-0.2, 0) is 6.54 Å². The molecular formula is C13H18F3NO2.